The number of carboxylic acids is 1. The fraction of sp³-hybridized carbons (Fsp3) is 0.294. The summed E-state index contributed by atoms with van der Waals surface area (Å²) < 4.78 is 26.8. The molecule has 0 radical (unpaired) electrons. The van der Waals surface area contributed by atoms with Gasteiger partial charge in [-0.3, -0.25) is 13.9 Å². The normalized spacial score (nSPS) is 14.9. The minimum atomic E-state index is -3.84. The van der Waals surface area contributed by atoms with Crippen molar-refractivity contribution in [2.45, 2.75) is 24.8 Å². The SMILES string of the molecule is CC(C)N(CC(=O)O)C(=O)CN1c2cccc3cccc(c23)S1(=O)=O. The number of carbonyl (C=O) groups is 2. The molecule has 3 rings (SSSR count). The zero-order chi connectivity index (χ0) is 18.4. The number of sulfonamides is 1. The van der Waals surface area contributed by atoms with E-state index in [1.807, 2.05) is 12.1 Å². The predicted octanol–water partition coefficient (Wildman–Crippen LogP) is 1.67. The molecule has 25 heavy (non-hydrogen) atoms. The van der Waals surface area contributed by atoms with Gasteiger partial charge in [-0.15, -0.1) is 0 Å². The Kier molecular flexibility index (Phi) is 4.16. The standard InChI is InChI=1S/C17H18N2O5S/c1-11(2)18(10-16(21)22)15(20)9-19-13-7-3-5-12-6-4-8-14(17(12)13)25(19,23)24/h3-8,11H,9-10H2,1-2H3,(H,21,22). The average Bonchev–Trinajstić information content (AvgIpc) is 2.76. The summed E-state index contributed by atoms with van der Waals surface area (Å²) in [6.45, 7) is 2.48. The van der Waals surface area contributed by atoms with Crippen LogP contribution < -0.4 is 4.31 Å². The first-order valence-electron chi connectivity index (χ1n) is 7.79. The van der Waals surface area contributed by atoms with E-state index in [-0.39, 0.29) is 10.9 Å². The van der Waals surface area contributed by atoms with E-state index < -0.39 is 35.0 Å². The molecule has 1 aliphatic rings. The van der Waals surface area contributed by atoms with Crippen LogP contribution in [-0.4, -0.2) is 49.4 Å². The molecule has 1 heterocycles. The molecule has 0 atom stereocenters. The van der Waals surface area contributed by atoms with Gasteiger partial charge in [0.25, 0.3) is 10.0 Å². The third-order valence-corrected chi connectivity index (χ3v) is 6.01. The van der Waals surface area contributed by atoms with E-state index in [1.165, 1.54) is 6.07 Å². The van der Waals surface area contributed by atoms with Crippen molar-refractivity contribution in [3.8, 4) is 0 Å². The monoisotopic (exact) mass is 362 g/mol. The van der Waals surface area contributed by atoms with Gasteiger partial charge in [-0.05, 0) is 31.4 Å². The highest BCUT2D eigenvalue weighted by atomic mass is 32.2. The van der Waals surface area contributed by atoms with Gasteiger partial charge in [0.2, 0.25) is 5.91 Å². The molecule has 0 aliphatic carbocycles. The molecule has 0 bridgehead atoms. The Morgan fingerprint density at radius 1 is 1.16 bits per heavy atom. The molecule has 2 aromatic rings. The summed E-state index contributed by atoms with van der Waals surface area (Å²) in [6, 6.07) is 9.84. The van der Waals surface area contributed by atoms with Crippen LogP contribution in [0.2, 0.25) is 0 Å². The van der Waals surface area contributed by atoms with Crippen molar-refractivity contribution < 1.29 is 23.1 Å². The molecule has 0 saturated heterocycles. The number of hydrogen-bond donors (Lipinski definition) is 1. The largest absolute Gasteiger partial charge is 0.480 e. The number of anilines is 1. The molecule has 1 N–H and O–H groups in total. The molecule has 0 spiro atoms. The van der Waals surface area contributed by atoms with Crippen molar-refractivity contribution in [2.75, 3.05) is 17.4 Å². The Labute approximate surface area is 145 Å². The Bertz CT molecular complexity index is 963. The van der Waals surface area contributed by atoms with Crippen molar-refractivity contribution >= 4 is 38.4 Å². The van der Waals surface area contributed by atoms with E-state index in [9.17, 15) is 18.0 Å². The van der Waals surface area contributed by atoms with Crippen LogP contribution in [-0.2, 0) is 19.6 Å². The molecule has 132 valence electrons. The number of benzene rings is 2. The van der Waals surface area contributed by atoms with Gasteiger partial charge in [-0.25, -0.2) is 8.42 Å². The molecule has 0 aromatic heterocycles. The van der Waals surface area contributed by atoms with Crippen molar-refractivity contribution in [3.63, 3.8) is 0 Å². The molecule has 8 heteroatoms. The molecule has 1 amide bonds. The third-order valence-electron chi connectivity index (χ3n) is 4.21. The minimum Gasteiger partial charge on any atom is -0.480 e. The highest BCUT2D eigenvalue weighted by Gasteiger charge is 2.37. The van der Waals surface area contributed by atoms with Gasteiger partial charge in [0.15, 0.2) is 0 Å². The van der Waals surface area contributed by atoms with Crippen LogP contribution in [0.3, 0.4) is 0 Å². The number of hydrogen-bond acceptors (Lipinski definition) is 4. The lowest BCUT2D eigenvalue weighted by atomic mass is 10.1. The highest BCUT2D eigenvalue weighted by molar-refractivity contribution is 7.93. The van der Waals surface area contributed by atoms with Crippen LogP contribution in [0.4, 0.5) is 5.69 Å². The molecule has 2 aromatic carbocycles. The van der Waals surface area contributed by atoms with Crippen LogP contribution in [0.1, 0.15) is 13.8 Å². The second-order valence-corrected chi connectivity index (χ2v) is 7.98. The number of rotatable bonds is 5. The maximum absolute atomic E-state index is 12.9. The molecule has 0 unspecified atom stereocenters. The van der Waals surface area contributed by atoms with Crippen LogP contribution in [0.15, 0.2) is 41.3 Å². The van der Waals surface area contributed by atoms with Crippen LogP contribution >= 0.6 is 0 Å². The fourth-order valence-corrected chi connectivity index (χ4v) is 4.71. The summed E-state index contributed by atoms with van der Waals surface area (Å²) in [4.78, 5) is 24.9. The second-order valence-electron chi connectivity index (χ2n) is 6.15. The van der Waals surface area contributed by atoms with Gasteiger partial charge >= 0.3 is 5.97 Å². The third kappa shape index (κ3) is 2.82. The Morgan fingerprint density at radius 3 is 2.40 bits per heavy atom. The predicted molar refractivity (Wildman–Crippen MR) is 93.0 cm³/mol. The Morgan fingerprint density at radius 2 is 1.80 bits per heavy atom. The van der Waals surface area contributed by atoms with Crippen molar-refractivity contribution in [1.82, 2.24) is 4.90 Å². The molecule has 7 nitrogen and oxygen atoms in total. The number of carboxylic acid groups (broad SMARTS) is 1. The van der Waals surface area contributed by atoms with E-state index in [0.717, 1.165) is 14.6 Å². The second kappa shape index (κ2) is 6.03. The molecule has 1 aliphatic heterocycles. The number of amides is 1. The van der Waals surface area contributed by atoms with Gasteiger partial charge in [-0.2, -0.15) is 0 Å². The molecular formula is C17H18N2O5S. The van der Waals surface area contributed by atoms with Gasteiger partial charge < -0.3 is 10.0 Å². The first-order valence-corrected chi connectivity index (χ1v) is 9.23. The summed E-state index contributed by atoms with van der Waals surface area (Å²) >= 11 is 0. The molecule has 0 fully saturated rings. The summed E-state index contributed by atoms with van der Waals surface area (Å²) in [7, 11) is -3.84. The van der Waals surface area contributed by atoms with Gasteiger partial charge in [-0.1, -0.05) is 24.3 Å². The lowest BCUT2D eigenvalue weighted by Gasteiger charge is -2.27. The number of carbonyl (C=O) groups excluding carboxylic acids is 1. The van der Waals surface area contributed by atoms with E-state index in [4.69, 9.17) is 5.11 Å². The quantitative estimate of drug-likeness (QED) is 0.873. The Balaban J connectivity index is 2.00. The molecule has 0 saturated carbocycles. The smallest absolute Gasteiger partial charge is 0.323 e. The maximum atomic E-state index is 12.9. The lowest BCUT2D eigenvalue weighted by molar-refractivity contribution is -0.145. The van der Waals surface area contributed by atoms with E-state index in [1.54, 1.807) is 32.0 Å². The van der Waals surface area contributed by atoms with Gasteiger partial charge in [0, 0.05) is 11.4 Å². The van der Waals surface area contributed by atoms with E-state index >= 15 is 0 Å². The van der Waals surface area contributed by atoms with E-state index in [2.05, 4.69) is 0 Å². The Hall–Kier alpha value is -2.61. The number of nitrogens with zero attached hydrogens (tertiary/aromatic N) is 2. The van der Waals surface area contributed by atoms with E-state index in [0.29, 0.717) is 11.1 Å². The highest BCUT2D eigenvalue weighted by Crippen LogP contribution is 2.41. The first-order chi connectivity index (χ1) is 11.7. The summed E-state index contributed by atoms with van der Waals surface area (Å²) in [5.74, 6) is -1.69. The van der Waals surface area contributed by atoms with Crippen LogP contribution in [0.25, 0.3) is 10.8 Å². The molecular weight excluding hydrogens is 344 g/mol. The lowest BCUT2D eigenvalue weighted by Crippen LogP contribution is -2.46. The average molecular weight is 362 g/mol. The van der Waals surface area contributed by atoms with Crippen molar-refractivity contribution in [1.29, 1.82) is 0 Å². The van der Waals surface area contributed by atoms with Crippen LogP contribution in [0, 0.1) is 0 Å². The van der Waals surface area contributed by atoms with Gasteiger partial charge in [0.1, 0.15) is 13.1 Å². The zero-order valence-electron chi connectivity index (χ0n) is 13.8. The van der Waals surface area contributed by atoms with Crippen molar-refractivity contribution in [3.05, 3.63) is 36.4 Å². The maximum Gasteiger partial charge on any atom is 0.323 e. The topological polar surface area (TPSA) is 95.0 Å². The zero-order valence-corrected chi connectivity index (χ0v) is 14.7. The van der Waals surface area contributed by atoms with Gasteiger partial charge in [0.05, 0.1) is 10.6 Å². The summed E-state index contributed by atoms with van der Waals surface area (Å²) in [5.41, 5.74) is 0.445. The summed E-state index contributed by atoms with van der Waals surface area (Å²) in [5, 5.41) is 10.4. The fourth-order valence-electron chi connectivity index (χ4n) is 3.05. The van der Waals surface area contributed by atoms with Crippen molar-refractivity contribution in [2.24, 2.45) is 0 Å². The number of aliphatic carboxylic acids is 1. The van der Waals surface area contributed by atoms with Crippen LogP contribution in [0.5, 0.6) is 0 Å². The first kappa shape index (κ1) is 17.2. The minimum absolute atomic E-state index is 0.169. The summed E-state index contributed by atoms with van der Waals surface area (Å²) in [6.07, 6.45) is 0.